The van der Waals surface area contributed by atoms with Gasteiger partial charge in [0.2, 0.25) is 0 Å². The summed E-state index contributed by atoms with van der Waals surface area (Å²) in [4.78, 5) is 0. The van der Waals surface area contributed by atoms with Crippen LogP contribution in [-0.4, -0.2) is 0 Å². The number of halogens is 1. The van der Waals surface area contributed by atoms with E-state index >= 15 is 0 Å². The summed E-state index contributed by atoms with van der Waals surface area (Å²) in [6.07, 6.45) is 2.72. The van der Waals surface area contributed by atoms with E-state index in [1.54, 1.807) is 26.0 Å². The number of hydrogen-bond donors (Lipinski definition) is 0. The molecule has 1 heteroatoms. The SMILES string of the molecule is C=[C]c1cc(C)c(F)c(C)c1. The Bertz CT molecular complexity index is 264. The summed E-state index contributed by atoms with van der Waals surface area (Å²) in [5.74, 6) is -0.135. The molecule has 0 nitrogen and oxygen atoms in total. The van der Waals surface area contributed by atoms with Crippen LogP contribution in [-0.2, 0) is 0 Å². The number of rotatable bonds is 1. The molecule has 0 saturated carbocycles. The molecule has 0 bridgehead atoms. The third-order valence-electron chi connectivity index (χ3n) is 1.64. The van der Waals surface area contributed by atoms with Gasteiger partial charge in [-0.05, 0) is 48.7 Å². The van der Waals surface area contributed by atoms with E-state index in [4.69, 9.17) is 0 Å². The van der Waals surface area contributed by atoms with Crippen LogP contribution in [0.25, 0.3) is 0 Å². The molecule has 11 heavy (non-hydrogen) atoms. The molecule has 0 N–H and O–H groups in total. The Morgan fingerprint density at radius 3 is 2.09 bits per heavy atom. The molecule has 1 aromatic carbocycles. The van der Waals surface area contributed by atoms with Crippen LogP contribution >= 0.6 is 0 Å². The lowest BCUT2D eigenvalue weighted by atomic mass is 10.1. The Labute approximate surface area is 66.4 Å². The lowest BCUT2D eigenvalue weighted by Gasteiger charge is -2.01. The minimum Gasteiger partial charge on any atom is -0.206 e. The van der Waals surface area contributed by atoms with E-state index in [9.17, 15) is 4.39 Å². The minimum atomic E-state index is -0.135. The van der Waals surface area contributed by atoms with Crippen molar-refractivity contribution >= 4 is 0 Å². The average molecular weight is 149 g/mol. The topological polar surface area (TPSA) is 0 Å². The van der Waals surface area contributed by atoms with Crippen molar-refractivity contribution in [3.63, 3.8) is 0 Å². The van der Waals surface area contributed by atoms with Crippen LogP contribution in [0.1, 0.15) is 16.7 Å². The molecule has 0 fully saturated rings. The van der Waals surface area contributed by atoms with E-state index < -0.39 is 0 Å². The zero-order valence-corrected chi connectivity index (χ0v) is 6.74. The van der Waals surface area contributed by atoms with Crippen LogP contribution in [0.5, 0.6) is 0 Å². The predicted octanol–water partition coefficient (Wildman–Crippen LogP) is 2.78. The molecule has 57 valence electrons. The van der Waals surface area contributed by atoms with Crippen molar-refractivity contribution in [3.8, 4) is 0 Å². The minimum absolute atomic E-state index is 0.135. The number of benzene rings is 1. The molecular formula is C10H10F. The molecule has 0 heterocycles. The van der Waals surface area contributed by atoms with E-state index in [1.165, 1.54) is 0 Å². The van der Waals surface area contributed by atoms with Gasteiger partial charge in [0.25, 0.3) is 0 Å². The van der Waals surface area contributed by atoms with Crippen molar-refractivity contribution in [1.82, 2.24) is 0 Å². The van der Waals surface area contributed by atoms with Gasteiger partial charge in [0.05, 0.1) is 0 Å². The highest BCUT2D eigenvalue weighted by Gasteiger charge is 2.01. The molecule has 0 aliphatic carbocycles. The molecule has 0 aromatic heterocycles. The Balaban J connectivity index is 3.31. The maximum absolute atomic E-state index is 13.0. The molecule has 0 unspecified atom stereocenters. The predicted molar refractivity (Wildman–Crippen MR) is 43.8 cm³/mol. The second-order valence-electron chi connectivity index (χ2n) is 2.60. The lowest BCUT2D eigenvalue weighted by Crippen LogP contribution is -1.88. The van der Waals surface area contributed by atoms with Gasteiger partial charge in [0.1, 0.15) is 5.82 Å². The van der Waals surface area contributed by atoms with Crippen LogP contribution in [0.2, 0.25) is 0 Å². The molecule has 1 radical (unpaired) electrons. The van der Waals surface area contributed by atoms with Gasteiger partial charge in [-0.2, -0.15) is 0 Å². The summed E-state index contributed by atoms with van der Waals surface area (Å²) in [5.41, 5.74) is 2.15. The zero-order valence-electron chi connectivity index (χ0n) is 6.74. The van der Waals surface area contributed by atoms with E-state index in [-0.39, 0.29) is 5.82 Å². The largest absolute Gasteiger partial charge is 0.206 e. The van der Waals surface area contributed by atoms with Crippen molar-refractivity contribution in [2.45, 2.75) is 13.8 Å². The molecule has 0 aliphatic heterocycles. The van der Waals surface area contributed by atoms with E-state index in [0.29, 0.717) is 11.1 Å². The lowest BCUT2D eigenvalue weighted by molar-refractivity contribution is 0.609. The molecule has 0 atom stereocenters. The average Bonchev–Trinajstić information content (AvgIpc) is 1.99. The molecule has 1 rings (SSSR count). The Hall–Kier alpha value is -1.11. The van der Waals surface area contributed by atoms with Gasteiger partial charge in [-0.25, -0.2) is 4.39 Å². The van der Waals surface area contributed by atoms with E-state index in [2.05, 4.69) is 12.7 Å². The first-order valence-corrected chi connectivity index (χ1v) is 3.45. The molecule has 0 amide bonds. The number of hydrogen-bond acceptors (Lipinski definition) is 0. The van der Waals surface area contributed by atoms with Gasteiger partial charge < -0.3 is 0 Å². The summed E-state index contributed by atoms with van der Waals surface area (Å²) in [7, 11) is 0. The molecule has 1 aromatic rings. The molecule has 0 aliphatic rings. The Morgan fingerprint density at radius 2 is 1.73 bits per heavy atom. The fraction of sp³-hybridized carbons (Fsp3) is 0.200. The van der Waals surface area contributed by atoms with Gasteiger partial charge in [0, 0.05) is 0 Å². The first-order chi connectivity index (χ1) is 5.15. The maximum atomic E-state index is 13.0. The second kappa shape index (κ2) is 2.87. The number of aryl methyl sites for hydroxylation is 2. The highest BCUT2D eigenvalue weighted by Crippen LogP contribution is 2.14. The highest BCUT2D eigenvalue weighted by atomic mass is 19.1. The summed E-state index contributed by atoms with van der Waals surface area (Å²) >= 11 is 0. The van der Waals surface area contributed by atoms with Crippen molar-refractivity contribution < 1.29 is 4.39 Å². The zero-order chi connectivity index (χ0) is 8.43. The van der Waals surface area contributed by atoms with Crippen molar-refractivity contribution in [2.24, 2.45) is 0 Å². The standard InChI is InChI=1S/C10H10F/c1-4-9-5-7(2)10(11)8(3)6-9/h5-6H,1H2,2-3H3. The molecule has 0 saturated heterocycles. The van der Waals surface area contributed by atoms with Crippen LogP contribution in [0.3, 0.4) is 0 Å². The van der Waals surface area contributed by atoms with Gasteiger partial charge in [-0.15, -0.1) is 0 Å². The molecular weight excluding hydrogens is 139 g/mol. The second-order valence-corrected chi connectivity index (χ2v) is 2.60. The third-order valence-corrected chi connectivity index (χ3v) is 1.64. The van der Waals surface area contributed by atoms with Crippen molar-refractivity contribution in [2.75, 3.05) is 0 Å². The van der Waals surface area contributed by atoms with Crippen LogP contribution in [0.4, 0.5) is 4.39 Å². The monoisotopic (exact) mass is 149 g/mol. The Morgan fingerprint density at radius 1 is 1.27 bits per heavy atom. The van der Waals surface area contributed by atoms with E-state index in [1.807, 2.05) is 0 Å². The van der Waals surface area contributed by atoms with Crippen LogP contribution in [0, 0.1) is 25.7 Å². The van der Waals surface area contributed by atoms with Gasteiger partial charge in [0.15, 0.2) is 0 Å². The Kier molecular flexibility index (Phi) is 2.08. The maximum Gasteiger partial charge on any atom is 0.129 e. The van der Waals surface area contributed by atoms with Gasteiger partial charge in [-0.1, -0.05) is 6.58 Å². The first-order valence-electron chi connectivity index (χ1n) is 3.45. The highest BCUT2D eigenvalue weighted by molar-refractivity contribution is 5.33. The smallest absolute Gasteiger partial charge is 0.129 e. The summed E-state index contributed by atoms with van der Waals surface area (Å²) < 4.78 is 13.0. The quantitative estimate of drug-likeness (QED) is 0.576. The van der Waals surface area contributed by atoms with Crippen LogP contribution in [0.15, 0.2) is 18.7 Å². The normalized spacial score (nSPS) is 9.73. The fourth-order valence-corrected chi connectivity index (χ4v) is 1.05. The fourth-order valence-electron chi connectivity index (χ4n) is 1.05. The molecule has 0 spiro atoms. The third kappa shape index (κ3) is 1.48. The summed E-state index contributed by atoms with van der Waals surface area (Å²) in [6.45, 7) is 6.97. The van der Waals surface area contributed by atoms with Crippen LogP contribution < -0.4 is 0 Å². The van der Waals surface area contributed by atoms with E-state index in [0.717, 1.165) is 5.56 Å². The van der Waals surface area contributed by atoms with Crippen molar-refractivity contribution in [3.05, 3.63) is 47.3 Å². The summed E-state index contributed by atoms with van der Waals surface area (Å²) in [5, 5.41) is 0. The van der Waals surface area contributed by atoms with Gasteiger partial charge in [-0.3, -0.25) is 0 Å². The first kappa shape index (κ1) is 7.99. The summed E-state index contributed by atoms with van der Waals surface area (Å²) in [6, 6.07) is 3.46. The van der Waals surface area contributed by atoms with Crippen molar-refractivity contribution in [1.29, 1.82) is 0 Å². The van der Waals surface area contributed by atoms with Gasteiger partial charge >= 0.3 is 0 Å².